The van der Waals surface area contributed by atoms with Crippen molar-refractivity contribution in [1.82, 2.24) is 10.6 Å². The summed E-state index contributed by atoms with van der Waals surface area (Å²) in [6.45, 7) is 3.07. The number of hydrogen-bond donors (Lipinski definition) is 4. The lowest BCUT2D eigenvalue weighted by Crippen LogP contribution is -2.37. The molecule has 1 unspecified atom stereocenters. The van der Waals surface area contributed by atoms with E-state index in [2.05, 4.69) is 16.7 Å². The molecular weight excluding hydrogens is 220 g/mol. The van der Waals surface area contributed by atoms with Gasteiger partial charge in [-0.25, -0.2) is 4.79 Å². The van der Waals surface area contributed by atoms with E-state index in [0.29, 0.717) is 13.1 Å². The van der Waals surface area contributed by atoms with Crippen LogP contribution < -0.4 is 10.6 Å². The minimum Gasteiger partial charge on any atom is -0.465 e. The second kappa shape index (κ2) is 6.88. The molecule has 0 bridgehead atoms. The number of amides is 1. The monoisotopic (exact) mass is 238 g/mol. The number of aryl methyl sites for hydroxylation is 1. The molecule has 1 aromatic carbocycles. The average molecular weight is 238 g/mol. The average Bonchev–Trinajstić information content (AvgIpc) is 2.26. The largest absolute Gasteiger partial charge is 0.465 e. The minimum absolute atomic E-state index is 0.0378. The summed E-state index contributed by atoms with van der Waals surface area (Å²) < 4.78 is 0. The molecule has 4 N–H and O–H groups in total. The fraction of sp³-hybridized carbons (Fsp3) is 0.417. The highest BCUT2D eigenvalue weighted by Crippen LogP contribution is 2.02. The summed E-state index contributed by atoms with van der Waals surface area (Å²) in [7, 11) is 0. The molecule has 1 rings (SSSR count). The van der Waals surface area contributed by atoms with Gasteiger partial charge in [0, 0.05) is 19.6 Å². The summed E-state index contributed by atoms with van der Waals surface area (Å²) >= 11 is 0. The molecule has 0 saturated carbocycles. The Kier molecular flexibility index (Phi) is 5.45. The number of benzene rings is 1. The SMILES string of the molecule is Cc1cccc(CNCC(O)CNC(=O)O)c1. The summed E-state index contributed by atoms with van der Waals surface area (Å²) in [4.78, 5) is 10.2. The van der Waals surface area contributed by atoms with Crippen molar-refractivity contribution in [2.75, 3.05) is 13.1 Å². The van der Waals surface area contributed by atoms with E-state index in [4.69, 9.17) is 5.11 Å². The first-order valence-corrected chi connectivity index (χ1v) is 5.49. The Morgan fingerprint density at radius 3 is 2.82 bits per heavy atom. The van der Waals surface area contributed by atoms with Crippen LogP contribution in [0.4, 0.5) is 4.79 Å². The van der Waals surface area contributed by atoms with Crippen molar-refractivity contribution in [2.45, 2.75) is 19.6 Å². The lowest BCUT2D eigenvalue weighted by molar-refractivity contribution is 0.155. The van der Waals surface area contributed by atoms with Crippen molar-refractivity contribution >= 4 is 6.09 Å². The number of hydrogen-bond acceptors (Lipinski definition) is 3. The van der Waals surface area contributed by atoms with Gasteiger partial charge in [-0.3, -0.25) is 0 Å². The fourth-order valence-electron chi connectivity index (χ4n) is 1.48. The van der Waals surface area contributed by atoms with Crippen molar-refractivity contribution in [3.63, 3.8) is 0 Å². The summed E-state index contributed by atoms with van der Waals surface area (Å²) in [5.41, 5.74) is 2.33. The molecular formula is C12H18N2O3. The molecule has 1 amide bonds. The van der Waals surface area contributed by atoms with Crippen molar-refractivity contribution < 1.29 is 15.0 Å². The molecule has 5 nitrogen and oxygen atoms in total. The van der Waals surface area contributed by atoms with Crippen LogP contribution in [0.5, 0.6) is 0 Å². The molecule has 0 radical (unpaired) electrons. The van der Waals surface area contributed by atoms with E-state index in [1.54, 1.807) is 0 Å². The van der Waals surface area contributed by atoms with E-state index in [-0.39, 0.29) is 6.54 Å². The second-order valence-corrected chi connectivity index (χ2v) is 3.96. The zero-order valence-corrected chi connectivity index (χ0v) is 9.81. The highest BCUT2D eigenvalue weighted by molar-refractivity contribution is 5.64. The standard InChI is InChI=1S/C12H18N2O3/c1-9-3-2-4-10(5-9)6-13-7-11(15)8-14-12(16)17/h2-5,11,13-15H,6-8H2,1H3,(H,16,17). The van der Waals surface area contributed by atoms with Gasteiger partial charge in [0.1, 0.15) is 0 Å². The quantitative estimate of drug-likeness (QED) is 0.588. The molecule has 94 valence electrons. The first kappa shape index (κ1) is 13.5. The molecule has 0 aliphatic heterocycles. The zero-order chi connectivity index (χ0) is 12.7. The summed E-state index contributed by atoms with van der Waals surface area (Å²) in [6, 6.07) is 8.07. The van der Waals surface area contributed by atoms with Crippen LogP contribution in [0.3, 0.4) is 0 Å². The van der Waals surface area contributed by atoms with Gasteiger partial charge >= 0.3 is 6.09 Å². The van der Waals surface area contributed by atoms with Gasteiger partial charge in [-0.15, -0.1) is 0 Å². The minimum atomic E-state index is -1.12. The van der Waals surface area contributed by atoms with Crippen LogP contribution in [0.25, 0.3) is 0 Å². The van der Waals surface area contributed by atoms with Crippen LogP contribution in [0.2, 0.25) is 0 Å². The van der Waals surface area contributed by atoms with Crippen LogP contribution in [0.1, 0.15) is 11.1 Å². The van der Waals surface area contributed by atoms with Crippen molar-refractivity contribution in [3.8, 4) is 0 Å². The van der Waals surface area contributed by atoms with E-state index in [9.17, 15) is 9.90 Å². The number of carboxylic acid groups (broad SMARTS) is 1. The molecule has 0 aliphatic carbocycles. The summed E-state index contributed by atoms with van der Waals surface area (Å²) in [5, 5.41) is 23.0. The van der Waals surface area contributed by atoms with Gasteiger partial charge in [0.2, 0.25) is 0 Å². The third-order valence-corrected chi connectivity index (χ3v) is 2.28. The molecule has 0 heterocycles. The third-order valence-electron chi connectivity index (χ3n) is 2.28. The van der Waals surface area contributed by atoms with E-state index < -0.39 is 12.2 Å². The van der Waals surface area contributed by atoms with Gasteiger partial charge < -0.3 is 20.8 Å². The molecule has 0 aliphatic rings. The van der Waals surface area contributed by atoms with Gasteiger partial charge in [0.05, 0.1) is 6.10 Å². The Morgan fingerprint density at radius 1 is 1.41 bits per heavy atom. The maximum absolute atomic E-state index is 10.2. The highest BCUT2D eigenvalue weighted by atomic mass is 16.4. The van der Waals surface area contributed by atoms with Crippen molar-refractivity contribution in [2.24, 2.45) is 0 Å². The molecule has 5 heteroatoms. The van der Waals surface area contributed by atoms with E-state index in [0.717, 1.165) is 5.56 Å². The predicted octanol–water partition coefficient (Wildman–Crippen LogP) is 0.713. The molecule has 0 saturated heterocycles. The van der Waals surface area contributed by atoms with Gasteiger partial charge in [-0.05, 0) is 12.5 Å². The number of nitrogens with one attached hydrogen (secondary N) is 2. The Labute approximate surface area is 100 Å². The van der Waals surface area contributed by atoms with E-state index in [1.165, 1.54) is 5.56 Å². The Morgan fingerprint density at radius 2 is 2.18 bits per heavy atom. The van der Waals surface area contributed by atoms with Crippen LogP contribution in [-0.4, -0.2) is 35.5 Å². The maximum atomic E-state index is 10.2. The second-order valence-electron chi connectivity index (χ2n) is 3.96. The first-order chi connectivity index (χ1) is 8.08. The Hall–Kier alpha value is -1.59. The van der Waals surface area contributed by atoms with Crippen molar-refractivity contribution in [1.29, 1.82) is 0 Å². The maximum Gasteiger partial charge on any atom is 0.404 e. The molecule has 0 aromatic heterocycles. The Bertz CT molecular complexity index is 369. The number of aliphatic hydroxyl groups is 1. The normalized spacial score (nSPS) is 12.1. The highest BCUT2D eigenvalue weighted by Gasteiger charge is 2.04. The molecule has 0 spiro atoms. The van der Waals surface area contributed by atoms with Gasteiger partial charge in [0.25, 0.3) is 0 Å². The fourth-order valence-corrected chi connectivity index (χ4v) is 1.48. The number of carbonyl (C=O) groups is 1. The molecule has 0 fully saturated rings. The van der Waals surface area contributed by atoms with Gasteiger partial charge in [0.15, 0.2) is 0 Å². The van der Waals surface area contributed by atoms with Gasteiger partial charge in [-0.2, -0.15) is 0 Å². The lowest BCUT2D eigenvalue weighted by atomic mass is 10.1. The first-order valence-electron chi connectivity index (χ1n) is 5.49. The van der Waals surface area contributed by atoms with Crippen LogP contribution in [0.15, 0.2) is 24.3 Å². The van der Waals surface area contributed by atoms with Crippen molar-refractivity contribution in [3.05, 3.63) is 35.4 Å². The van der Waals surface area contributed by atoms with E-state index in [1.807, 2.05) is 25.1 Å². The predicted molar refractivity (Wildman–Crippen MR) is 64.9 cm³/mol. The molecule has 1 aromatic rings. The smallest absolute Gasteiger partial charge is 0.404 e. The topological polar surface area (TPSA) is 81.6 Å². The van der Waals surface area contributed by atoms with Crippen LogP contribution in [-0.2, 0) is 6.54 Å². The molecule has 17 heavy (non-hydrogen) atoms. The van der Waals surface area contributed by atoms with Gasteiger partial charge in [-0.1, -0.05) is 29.8 Å². The van der Waals surface area contributed by atoms with Crippen LogP contribution >= 0.6 is 0 Å². The summed E-state index contributed by atoms with van der Waals surface area (Å²) in [6.07, 6.45) is -1.83. The van der Waals surface area contributed by atoms with Crippen LogP contribution in [0, 0.1) is 6.92 Å². The number of aliphatic hydroxyl groups excluding tert-OH is 1. The lowest BCUT2D eigenvalue weighted by Gasteiger charge is -2.11. The third kappa shape index (κ3) is 5.89. The summed E-state index contributed by atoms with van der Waals surface area (Å²) in [5.74, 6) is 0. The Balaban J connectivity index is 2.21. The zero-order valence-electron chi connectivity index (χ0n) is 9.81. The molecule has 1 atom stereocenters. The van der Waals surface area contributed by atoms with E-state index >= 15 is 0 Å². The number of rotatable bonds is 6.